The van der Waals surface area contributed by atoms with E-state index in [4.69, 9.17) is 10.5 Å². The van der Waals surface area contributed by atoms with Crippen LogP contribution in [0.15, 0.2) is 36.8 Å². The van der Waals surface area contributed by atoms with E-state index in [1.807, 2.05) is 16.8 Å². The standard InChI is InChI=1S/C22H24F3N7O3/c23-22(24,25)16-13-27-21(28-14-16)32-8-6-30(7-9-32)18(33)4-11-35-12-10-31-5-3-15-1-2-17(19(26)34)29-20(15)31/h1-3,5,13-14H,4,6-12H2,(H2,26,34). The van der Waals surface area contributed by atoms with E-state index in [1.165, 1.54) is 0 Å². The third kappa shape index (κ3) is 5.85. The van der Waals surface area contributed by atoms with Crippen molar-refractivity contribution in [1.29, 1.82) is 0 Å². The zero-order valence-corrected chi connectivity index (χ0v) is 18.7. The van der Waals surface area contributed by atoms with Crippen LogP contribution in [0.4, 0.5) is 19.1 Å². The van der Waals surface area contributed by atoms with E-state index in [2.05, 4.69) is 15.0 Å². The first-order valence-corrected chi connectivity index (χ1v) is 11.0. The van der Waals surface area contributed by atoms with E-state index in [1.54, 1.807) is 21.9 Å². The molecule has 1 aliphatic heterocycles. The summed E-state index contributed by atoms with van der Waals surface area (Å²) < 4.78 is 45.4. The minimum atomic E-state index is -4.48. The molecule has 1 fully saturated rings. The number of piperazine rings is 1. The third-order valence-corrected chi connectivity index (χ3v) is 5.68. The molecule has 0 saturated carbocycles. The number of rotatable bonds is 8. The number of carbonyl (C=O) groups excluding carboxylic acids is 2. The highest BCUT2D eigenvalue weighted by molar-refractivity contribution is 5.93. The minimum absolute atomic E-state index is 0.0582. The van der Waals surface area contributed by atoms with Gasteiger partial charge in [0.15, 0.2) is 0 Å². The normalized spacial score (nSPS) is 14.5. The van der Waals surface area contributed by atoms with Gasteiger partial charge in [-0.05, 0) is 18.2 Å². The number of halogens is 3. The zero-order chi connectivity index (χ0) is 25.0. The maximum atomic E-state index is 12.7. The molecular weight excluding hydrogens is 467 g/mol. The molecule has 0 atom stereocenters. The average Bonchev–Trinajstić information content (AvgIpc) is 3.25. The van der Waals surface area contributed by atoms with Crippen LogP contribution in [0, 0.1) is 0 Å². The Labute approximate surface area is 198 Å². The first-order chi connectivity index (χ1) is 16.7. The molecule has 10 nitrogen and oxygen atoms in total. The van der Waals surface area contributed by atoms with E-state index in [0.29, 0.717) is 45.0 Å². The third-order valence-electron chi connectivity index (χ3n) is 5.68. The fourth-order valence-electron chi connectivity index (χ4n) is 3.75. The Morgan fingerprint density at radius 2 is 1.74 bits per heavy atom. The fourth-order valence-corrected chi connectivity index (χ4v) is 3.75. The zero-order valence-electron chi connectivity index (χ0n) is 18.7. The number of hydrogen-bond acceptors (Lipinski definition) is 7. The van der Waals surface area contributed by atoms with E-state index in [9.17, 15) is 22.8 Å². The predicted molar refractivity (Wildman–Crippen MR) is 120 cm³/mol. The summed E-state index contributed by atoms with van der Waals surface area (Å²) in [6.45, 7) is 2.81. The van der Waals surface area contributed by atoms with Crippen LogP contribution in [0.5, 0.6) is 0 Å². The maximum Gasteiger partial charge on any atom is 0.419 e. The van der Waals surface area contributed by atoms with Crippen molar-refractivity contribution in [3.63, 3.8) is 0 Å². The lowest BCUT2D eigenvalue weighted by atomic mass is 10.3. The maximum absolute atomic E-state index is 12.7. The van der Waals surface area contributed by atoms with Crippen molar-refractivity contribution in [2.75, 3.05) is 44.3 Å². The monoisotopic (exact) mass is 491 g/mol. The summed E-state index contributed by atoms with van der Waals surface area (Å²) in [6, 6.07) is 5.24. The molecular formula is C22H24F3N7O3. The quantitative estimate of drug-likeness (QED) is 0.477. The number of anilines is 1. The molecule has 0 spiro atoms. The van der Waals surface area contributed by atoms with Gasteiger partial charge in [-0.1, -0.05) is 0 Å². The summed E-state index contributed by atoms with van der Waals surface area (Å²) in [5.41, 5.74) is 5.22. The van der Waals surface area contributed by atoms with Gasteiger partial charge in [-0.15, -0.1) is 0 Å². The molecule has 0 radical (unpaired) electrons. The molecule has 1 aliphatic rings. The molecule has 0 aliphatic carbocycles. The van der Waals surface area contributed by atoms with Crippen LogP contribution >= 0.6 is 0 Å². The number of nitrogens with zero attached hydrogens (tertiary/aromatic N) is 6. The van der Waals surface area contributed by atoms with Gasteiger partial charge in [0.2, 0.25) is 11.9 Å². The second kappa shape index (κ2) is 10.3. The Kier molecular flexibility index (Phi) is 7.15. The van der Waals surface area contributed by atoms with Crippen LogP contribution in [0.25, 0.3) is 11.0 Å². The molecule has 0 unspecified atom stereocenters. The van der Waals surface area contributed by atoms with Gasteiger partial charge < -0.3 is 24.8 Å². The molecule has 13 heteroatoms. The summed E-state index contributed by atoms with van der Waals surface area (Å²) in [6.07, 6.45) is -0.891. The number of amides is 2. The molecule has 1 saturated heterocycles. The molecule has 186 valence electrons. The first-order valence-electron chi connectivity index (χ1n) is 11.0. The van der Waals surface area contributed by atoms with Gasteiger partial charge in [0, 0.05) is 56.7 Å². The largest absolute Gasteiger partial charge is 0.419 e. The number of alkyl halides is 3. The first kappa shape index (κ1) is 24.4. The van der Waals surface area contributed by atoms with Gasteiger partial charge in [-0.2, -0.15) is 13.2 Å². The summed E-state index contributed by atoms with van der Waals surface area (Å²) in [7, 11) is 0. The Hall–Kier alpha value is -3.74. The Bertz CT molecular complexity index is 1190. The molecule has 3 aromatic rings. The van der Waals surface area contributed by atoms with Crippen molar-refractivity contribution in [3.05, 3.63) is 48.0 Å². The van der Waals surface area contributed by atoms with Gasteiger partial charge in [0.25, 0.3) is 5.91 Å². The molecule has 35 heavy (non-hydrogen) atoms. The SMILES string of the molecule is NC(=O)c1ccc2ccn(CCOCCC(=O)N3CCN(c4ncc(C(F)(F)F)cn4)CC3)c2n1. The summed E-state index contributed by atoms with van der Waals surface area (Å²) in [5.74, 6) is -0.442. The van der Waals surface area contributed by atoms with E-state index < -0.39 is 17.6 Å². The predicted octanol–water partition coefficient (Wildman–Crippen LogP) is 1.70. The lowest BCUT2D eigenvalue weighted by Crippen LogP contribution is -2.49. The Morgan fingerprint density at radius 3 is 2.40 bits per heavy atom. The number of nitrogens with two attached hydrogens (primary N) is 1. The average molecular weight is 491 g/mol. The van der Waals surface area contributed by atoms with E-state index in [0.717, 1.165) is 17.8 Å². The van der Waals surface area contributed by atoms with Crippen molar-refractivity contribution in [3.8, 4) is 0 Å². The number of pyridine rings is 1. The van der Waals surface area contributed by atoms with Gasteiger partial charge >= 0.3 is 6.18 Å². The fraction of sp³-hybridized carbons (Fsp3) is 0.409. The smallest absolute Gasteiger partial charge is 0.379 e. The van der Waals surface area contributed by atoms with Crippen molar-refractivity contribution >= 4 is 28.8 Å². The van der Waals surface area contributed by atoms with Crippen LogP contribution in [-0.2, 0) is 22.3 Å². The topological polar surface area (TPSA) is 119 Å². The molecule has 4 rings (SSSR count). The van der Waals surface area contributed by atoms with Gasteiger partial charge in [0.1, 0.15) is 11.3 Å². The summed E-state index contributed by atoms with van der Waals surface area (Å²) in [4.78, 5) is 39.2. The lowest BCUT2D eigenvalue weighted by molar-refractivity contribution is -0.138. The highest BCUT2D eigenvalue weighted by Crippen LogP contribution is 2.28. The Morgan fingerprint density at radius 1 is 1.03 bits per heavy atom. The molecule has 0 bridgehead atoms. The van der Waals surface area contributed by atoms with Crippen molar-refractivity contribution in [2.24, 2.45) is 5.73 Å². The summed E-state index contributed by atoms with van der Waals surface area (Å²) >= 11 is 0. The molecule has 3 aromatic heterocycles. The molecule has 2 amide bonds. The van der Waals surface area contributed by atoms with Crippen molar-refractivity contribution in [1.82, 2.24) is 24.4 Å². The Balaban J connectivity index is 1.18. The molecule has 2 N–H and O–H groups in total. The van der Waals surface area contributed by atoms with Crippen LogP contribution in [0.2, 0.25) is 0 Å². The minimum Gasteiger partial charge on any atom is -0.379 e. The van der Waals surface area contributed by atoms with Gasteiger partial charge in [-0.25, -0.2) is 15.0 Å². The van der Waals surface area contributed by atoms with E-state index in [-0.39, 0.29) is 30.6 Å². The number of aromatic nitrogens is 4. The highest BCUT2D eigenvalue weighted by atomic mass is 19.4. The molecule has 0 aromatic carbocycles. The number of carbonyl (C=O) groups is 2. The van der Waals surface area contributed by atoms with Crippen LogP contribution < -0.4 is 10.6 Å². The number of fused-ring (bicyclic) bond motifs is 1. The van der Waals surface area contributed by atoms with Gasteiger partial charge in [0.05, 0.1) is 25.2 Å². The van der Waals surface area contributed by atoms with Crippen LogP contribution in [0.1, 0.15) is 22.5 Å². The summed E-state index contributed by atoms with van der Waals surface area (Å²) in [5, 5.41) is 0.881. The van der Waals surface area contributed by atoms with Crippen molar-refractivity contribution in [2.45, 2.75) is 19.1 Å². The number of primary amides is 1. The van der Waals surface area contributed by atoms with Crippen LogP contribution in [0.3, 0.4) is 0 Å². The van der Waals surface area contributed by atoms with Crippen LogP contribution in [-0.4, -0.2) is 75.6 Å². The van der Waals surface area contributed by atoms with E-state index >= 15 is 0 Å². The number of hydrogen-bond donors (Lipinski definition) is 1. The lowest BCUT2D eigenvalue weighted by Gasteiger charge is -2.34. The molecule has 4 heterocycles. The second-order valence-electron chi connectivity index (χ2n) is 7.98. The number of ether oxygens (including phenoxy) is 1. The van der Waals surface area contributed by atoms with Crippen molar-refractivity contribution < 1.29 is 27.5 Å². The van der Waals surface area contributed by atoms with Gasteiger partial charge in [-0.3, -0.25) is 9.59 Å². The highest BCUT2D eigenvalue weighted by Gasteiger charge is 2.32. The second-order valence-corrected chi connectivity index (χ2v) is 7.98.